The number of nitrogens with one attached hydrogen (secondary N) is 2. The van der Waals surface area contributed by atoms with Gasteiger partial charge in [-0.15, -0.1) is 0 Å². The molecule has 2 aromatic carbocycles. The van der Waals surface area contributed by atoms with Gasteiger partial charge < -0.3 is 10.6 Å². The number of hydrogen-bond acceptors (Lipinski definition) is 1. The van der Waals surface area contributed by atoms with Crippen molar-refractivity contribution in [3.8, 4) is 0 Å². The molecule has 3 heteroatoms. The third kappa shape index (κ3) is 11.9. The fraction of sp³-hybridized carbons (Fsp3) is 0.621. The fourth-order valence-corrected chi connectivity index (χ4v) is 4.59. The molecular weight excluding hydrogens is 410 g/mol. The summed E-state index contributed by atoms with van der Waals surface area (Å²) >= 11 is 5.49. The van der Waals surface area contributed by atoms with E-state index in [4.69, 9.17) is 12.2 Å². The van der Waals surface area contributed by atoms with Gasteiger partial charge in [0, 0.05) is 17.6 Å². The van der Waals surface area contributed by atoms with Crippen LogP contribution in [0.4, 0.5) is 5.69 Å². The van der Waals surface area contributed by atoms with Gasteiger partial charge >= 0.3 is 0 Å². The smallest absolute Gasteiger partial charge is 0.170 e. The monoisotopic (exact) mass is 456 g/mol. The summed E-state index contributed by atoms with van der Waals surface area (Å²) in [6.07, 6.45) is 22.4. The van der Waals surface area contributed by atoms with E-state index in [0.717, 1.165) is 17.3 Å². The molecule has 0 spiro atoms. The average Bonchev–Trinajstić information content (AvgIpc) is 2.81. The molecule has 0 heterocycles. The molecule has 2 nitrogen and oxygen atoms in total. The molecule has 0 aliphatic rings. The Labute approximate surface area is 203 Å². The molecular formula is C29H46N2S. The van der Waals surface area contributed by atoms with Crippen LogP contribution >= 0.6 is 12.2 Å². The van der Waals surface area contributed by atoms with Crippen LogP contribution in [-0.2, 0) is 0 Å². The number of anilines is 1. The SMILES string of the molecule is CCCCCCCCCCCCCCCCCC[15NH]C(=S)[15NH]c1cccc2ccccc12. The Morgan fingerprint density at radius 3 is 1.72 bits per heavy atom. The lowest BCUT2D eigenvalue weighted by Crippen LogP contribution is -2.29. The molecule has 2 N–H and O–H groups in total. The largest absolute Gasteiger partial charge is 0.362 e. The fourth-order valence-electron chi connectivity index (χ4n) is 4.38. The van der Waals surface area contributed by atoms with Gasteiger partial charge in [0.15, 0.2) is 5.11 Å². The first-order chi connectivity index (χ1) is 15.8. The number of hydrogen-bond donors (Lipinski definition) is 2. The van der Waals surface area contributed by atoms with Gasteiger partial charge in [0.2, 0.25) is 0 Å². The van der Waals surface area contributed by atoms with Crippen molar-refractivity contribution in [2.45, 2.75) is 110 Å². The number of fused-ring (bicyclic) bond motifs is 1. The normalized spacial score (nSPS) is 11.0. The minimum atomic E-state index is 0.724. The van der Waals surface area contributed by atoms with Gasteiger partial charge in [0.25, 0.3) is 0 Å². The highest BCUT2D eigenvalue weighted by Crippen LogP contribution is 2.22. The van der Waals surface area contributed by atoms with Crippen molar-refractivity contribution in [1.29, 1.82) is 0 Å². The van der Waals surface area contributed by atoms with Crippen LogP contribution in [0.1, 0.15) is 110 Å². The Balaban J connectivity index is 1.37. The van der Waals surface area contributed by atoms with Gasteiger partial charge in [-0.2, -0.15) is 0 Å². The second kappa shape index (κ2) is 17.9. The van der Waals surface area contributed by atoms with Crippen LogP contribution in [0.2, 0.25) is 0 Å². The van der Waals surface area contributed by atoms with E-state index in [9.17, 15) is 0 Å². The molecule has 0 aromatic heterocycles. The van der Waals surface area contributed by atoms with E-state index in [1.54, 1.807) is 0 Å². The summed E-state index contributed by atoms with van der Waals surface area (Å²) in [7, 11) is 0. The summed E-state index contributed by atoms with van der Waals surface area (Å²) in [6.45, 7) is 3.25. The van der Waals surface area contributed by atoms with Gasteiger partial charge in [-0.3, -0.25) is 0 Å². The predicted molar refractivity (Wildman–Crippen MR) is 148 cm³/mol. The number of thiocarbonyl (C=S) groups is 1. The molecule has 32 heavy (non-hydrogen) atoms. The molecule has 0 saturated carbocycles. The standard InChI is InChI=1S/C29H46N2S/c1-2-3-4-5-6-7-8-9-10-11-12-13-14-15-16-19-25-30-29(32)31-28-24-20-22-26-21-17-18-23-27(26)28/h17-18,20-24H,2-16,19,25H2,1H3,(H2,30,31,32)/i30+1,31+1. The number of rotatable bonds is 18. The average molecular weight is 457 g/mol. The van der Waals surface area contributed by atoms with Crippen molar-refractivity contribution in [1.82, 2.24) is 5.32 Å². The van der Waals surface area contributed by atoms with Crippen molar-refractivity contribution < 1.29 is 0 Å². The minimum absolute atomic E-state index is 0.724. The van der Waals surface area contributed by atoms with E-state index >= 15 is 0 Å². The van der Waals surface area contributed by atoms with Crippen LogP contribution in [0, 0.1) is 0 Å². The Morgan fingerprint density at radius 2 is 1.12 bits per heavy atom. The maximum absolute atomic E-state index is 5.49. The molecule has 0 radical (unpaired) electrons. The third-order valence-corrected chi connectivity index (χ3v) is 6.60. The summed E-state index contributed by atoms with van der Waals surface area (Å²) in [6, 6.07) is 14.7. The quantitative estimate of drug-likeness (QED) is 0.133. The minimum Gasteiger partial charge on any atom is -0.362 e. The zero-order chi connectivity index (χ0) is 22.7. The highest BCUT2D eigenvalue weighted by molar-refractivity contribution is 7.80. The Bertz CT molecular complexity index is 738. The summed E-state index contributed by atoms with van der Waals surface area (Å²) < 4.78 is 0. The predicted octanol–water partition coefficient (Wildman–Crippen LogP) is 9.39. The van der Waals surface area contributed by atoms with Crippen molar-refractivity contribution in [3.63, 3.8) is 0 Å². The van der Waals surface area contributed by atoms with E-state index in [0.29, 0.717) is 0 Å². The maximum atomic E-state index is 5.49. The molecule has 2 rings (SSSR count). The van der Waals surface area contributed by atoms with Crippen LogP contribution in [0.25, 0.3) is 10.8 Å². The van der Waals surface area contributed by atoms with Crippen molar-refractivity contribution >= 4 is 33.8 Å². The lowest BCUT2D eigenvalue weighted by Gasteiger charge is -2.12. The van der Waals surface area contributed by atoms with Crippen molar-refractivity contribution in [2.75, 3.05) is 11.9 Å². The Kier molecular flexibility index (Phi) is 14.9. The molecule has 2 aromatic rings. The van der Waals surface area contributed by atoms with Gasteiger partial charge in [0.05, 0.1) is 0 Å². The summed E-state index contributed by atoms with van der Waals surface area (Å²) in [5, 5.41) is 9.89. The first-order valence-corrected chi connectivity index (χ1v) is 13.7. The van der Waals surface area contributed by atoms with Crippen molar-refractivity contribution in [3.05, 3.63) is 42.5 Å². The Morgan fingerprint density at radius 1 is 0.625 bits per heavy atom. The van der Waals surface area contributed by atoms with E-state index in [1.165, 1.54) is 114 Å². The molecule has 0 saturated heterocycles. The first-order valence-electron chi connectivity index (χ1n) is 13.3. The molecule has 178 valence electrons. The lowest BCUT2D eigenvalue weighted by molar-refractivity contribution is 0.529. The van der Waals surface area contributed by atoms with Gasteiger partial charge in [0.1, 0.15) is 0 Å². The molecule has 0 fully saturated rings. The third-order valence-electron chi connectivity index (χ3n) is 6.35. The first kappa shape index (κ1) is 26.6. The molecule has 0 bridgehead atoms. The van der Waals surface area contributed by atoms with E-state index in [-0.39, 0.29) is 0 Å². The zero-order valence-electron chi connectivity index (χ0n) is 20.5. The maximum Gasteiger partial charge on any atom is 0.170 e. The second-order valence-electron chi connectivity index (χ2n) is 9.21. The zero-order valence-corrected chi connectivity index (χ0v) is 21.3. The summed E-state index contributed by atoms with van der Waals surface area (Å²) in [5.74, 6) is 0. The summed E-state index contributed by atoms with van der Waals surface area (Å²) in [4.78, 5) is 0. The number of benzene rings is 2. The van der Waals surface area contributed by atoms with E-state index in [1.807, 2.05) is 0 Å². The van der Waals surface area contributed by atoms with E-state index < -0.39 is 0 Å². The van der Waals surface area contributed by atoms with E-state index in [2.05, 4.69) is 60.0 Å². The van der Waals surface area contributed by atoms with Crippen molar-refractivity contribution in [2.24, 2.45) is 0 Å². The Hall–Kier alpha value is -1.61. The lowest BCUT2D eigenvalue weighted by atomic mass is 10.0. The van der Waals surface area contributed by atoms with Gasteiger partial charge in [-0.25, -0.2) is 0 Å². The second-order valence-corrected chi connectivity index (χ2v) is 9.62. The summed E-state index contributed by atoms with van der Waals surface area (Å²) in [5.41, 5.74) is 1.08. The number of unbranched alkanes of at least 4 members (excludes halogenated alkanes) is 15. The van der Waals surface area contributed by atoms with Crippen LogP contribution in [0.15, 0.2) is 42.5 Å². The molecule has 0 unspecified atom stereocenters. The van der Waals surface area contributed by atoms with Crippen LogP contribution in [-0.4, -0.2) is 11.7 Å². The van der Waals surface area contributed by atoms with Crippen LogP contribution in [0.3, 0.4) is 0 Å². The highest BCUT2D eigenvalue weighted by Gasteiger charge is 2.02. The van der Waals surface area contributed by atoms with Crippen LogP contribution in [0.5, 0.6) is 0 Å². The molecule has 0 aliphatic heterocycles. The highest BCUT2D eigenvalue weighted by atomic mass is 32.1. The molecule has 0 atom stereocenters. The van der Waals surface area contributed by atoms with Gasteiger partial charge in [-0.05, 0) is 30.1 Å². The molecule has 0 aliphatic carbocycles. The molecule has 0 amide bonds. The topological polar surface area (TPSA) is 24.1 Å². The van der Waals surface area contributed by atoms with Gasteiger partial charge in [-0.1, -0.05) is 140 Å². The van der Waals surface area contributed by atoms with Crippen LogP contribution < -0.4 is 10.6 Å².